The largest absolute Gasteiger partial charge is 0.449 e. The molecule has 5 nitrogen and oxygen atoms in total. The van der Waals surface area contributed by atoms with Gasteiger partial charge in [-0.25, -0.2) is 4.79 Å². The standard InChI is InChI=1S/C19H14N2O3S/c22-18(16-11-5-2-6-12-16)23-13-7-8-14-25-19-21-20-17(24-19)15-9-3-1-4-10-15/h1-6,9-12H,13-14H2. The predicted molar refractivity (Wildman–Crippen MR) is 95.0 cm³/mol. The number of nitrogens with zero attached hydrogens (tertiary/aromatic N) is 2. The first-order valence-electron chi connectivity index (χ1n) is 7.52. The van der Waals surface area contributed by atoms with Crippen LogP contribution >= 0.6 is 11.8 Å². The number of aromatic nitrogens is 2. The molecule has 0 bridgehead atoms. The average Bonchev–Trinajstić information content (AvgIpc) is 3.15. The summed E-state index contributed by atoms with van der Waals surface area (Å²) in [5, 5.41) is 8.43. The van der Waals surface area contributed by atoms with Crippen LogP contribution in [0.3, 0.4) is 0 Å². The second-order valence-electron chi connectivity index (χ2n) is 4.82. The van der Waals surface area contributed by atoms with Crippen LogP contribution in [0.2, 0.25) is 0 Å². The van der Waals surface area contributed by atoms with Gasteiger partial charge >= 0.3 is 5.97 Å². The lowest BCUT2D eigenvalue weighted by Gasteiger charge is -1.99. The Bertz CT molecular complexity index is 883. The fourth-order valence-electron chi connectivity index (χ4n) is 1.92. The van der Waals surface area contributed by atoms with E-state index in [0.29, 0.717) is 22.4 Å². The molecule has 0 amide bonds. The summed E-state index contributed by atoms with van der Waals surface area (Å²) in [6.45, 7) is 0.0490. The van der Waals surface area contributed by atoms with Gasteiger partial charge in [0.25, 0.3) is 5.22 Å². The van der Waals surface area contributed by atoms with Gasteiger partial charge in [0.15, 0.2) is 6.61 Å². The summed E-state index contributed by atoms with van der Waals surface area (Å²) < 4.78 is 10.6. The minimum atomic E-state index is -0.382. The number of thioether (sulfide) groups is 1. The molecule has 0 aliphatic carbocycles. The van der Waals surface area contributed by atoms with Gasteiger partial charge in [-0.1, -0.05) is 60.0 Å². The Morgan fingerprint density at radius 2 is 1.72 bits per heavy atom. The predicted octanol–water partition coefficient (Wildman–Crippen LogP) is 3.69. The van der Waals surface area contributed by atoms with Gasteiger partial charge < -0.3 is 9.15 Å². The van der Waals surface area contributed by atoms with Crippen molar-refractivity contribution in [2.24, 2.45) is 0 Å². The van der Waals surface area contributed by atoms with Crippen LogP contribution in [0.4, 0.5) is 0 Å². The highest BCUT2D eigenvalue weighted by molar-refractivity contribution is 7.99. The molecule has 6 heteroatoms. The number of rotatable bonds is 5. The molecule has 124 valence electrons. The van der Waals surface area contributed by atoms with Crippen LogP contribution in [0.5, 0.6) is 0 Å². The van der Waals surface area contributed by atoms with E-state index in [0.717, 1.165) is 5.56 Å². The van der Waals surface area contributed by atoms with Crippen LogP contribution in [-0.2, 0) is 4.74 Å². The van der Waals surface area contributed by atoms with Crippen molar-refractivity contribution in [3.05, 3.63) is 66.2 Å². The molecule has 3 aromatic rings. The van der Waals surface area contributed by atoms with Crippen LogP contribution in [0.25, 0.3) is 11.5 Å². The lowest BCUT2D eigenvalue weighted by atomic mass is 10.2. The number of hydrogen-bond acceptors (Lipinski definition) is 6. The van der Waals surface area contributed by atoms with E-state index in [9.17, 15) is 4.79 Å². The average molecular weight is 350 g/mol. The van der Waals surface area contributed by atoms with Crippen LogP contribution in [0, 0.1) is 11.8 Å². The number of carbonyl (C=O) groups excluding carboxylic acids is 1. The van der Waals surface area contributed by atoms with E-state index >= 15 is 0 Å². The summed E-state index contributed by atoms with van der Waals surface area (Å²) in [5.74, 6) is 6.26. The molecule has 25 heavy (non-hydrogen) atoms. The lowest BCUT2D eigenvalue weighted by Crippen LogP contribution is -2.04. The summed E-state index contributed by atoms with van der Waals surface area (Å²) in [4.78, 5) is 11.7. The normalized spacial score (nSPS) is 9.92. The highest BCUT2D eigenvalue weighted by atomic mass is 32.2. The Morgan fingerprint density at radius 1 is 1.00 bits per heavy atom. The van der Waals surface area contributed by atoms with Gasteiger partial charge in [0, 0.05) is 5.56 Å². The second-order valence-corrected chi connectivity index (χ2v) is 5.75. The van der Waals surface area contributed by atoms with Gasteiger partial charge in [0.1, 0.15) is 0 Å². The van der Waals surface area contributed by atoms with Crippen molar-refractivity contribution in [3.63, 3.8) is 0 Å². The smallest absolute Gasteiger partial charge is 0.339 e. The van der Waals surface area contributed by atoms with Crippen LogP contribution in [0.15, 0.2) is 70.3 Å². The first-order chi connectivity index (χ1) is 12.3. The third-order valence-electron chi connectivity index (χ3n) is 3.10. The minimum absolute atomic E-state index is 0.0490. The Labute approximate surface area is 149 Å². The van der Waals surface area contributed by atoms with Crippen molar-refractivity contribution in [2.75, 3.05) is 12.4 Å². The summed E-state index contributed by atoms with van der Waals surface area (Å²) in [7, 11) is 0. The van der Waals surface area contributed by atoms with Crippen molar-refractivity contribution < 1.29 is 13.9 Å². The van der Waals surface area contributed by atoms with Gasteiger partial charge in [-0.3, -0.25) is 0 Å². The molecule has 1 heterocycles. The lowest BCUT2D eigenvalue weighted by molar-refractivity contribution is 0.0556. The summed E-state index contributed by atoms with van der Waals surface area (Å²) >= 11 is 1.34. The topological polar surface area (TPSA) is 65.2 Å². The zero-order chi connectivity index (χ0) is 17.3. The van der Waals surface area contributed by atoms with E-state index in [2.05, 4.69) is 22.0 Å². The molecule has 0 saturated carbocycles. The maximum atomic E-state index is 11.7. The van der Waals surface area contributed by atoms with Gasteiger partial charge in [-0.05, 0) is 24.3 Å². The Balaban J connectivity index is 1.43. The second kappa shape index (κ2) is 8.71. The van der Waals surface area contributed by atoms with Crippen molar-refractivity contribution >= 4 is 17.7 Å². The van der Waals surface area contributed by atoms with E-state index in [1.54, 1.807) is 24.3 Å². The maximum absolute atomic E-state index is 11.7. The van der Waals surface area contributed by atoms with E-state index in [1.807, 2.05) is 36.4 Å². The van der Waals surface area contributed by atoms with Crippen LogP contribution in [0.1, 0.15) is 10.4 Å². The molecule has 2 aromatic carbocycles. The molecule has 0 fully saturated rings. The highest BCUT2D eigenvalue weighted by Crippen LogP contribution is 2.22. The maximum Gasteiger partial charge on any atom is 0.339 e. The SMILES string of the molecule is O=C(OCC#CCSc1nnc(-c2ccccc2)o1)c1ccccc1. The molecule has 1 aromatic heterocycles. The van der Waals surface area contributed by atoms with E-state index < -0.39 is 0 Å². The van der Waals surface area contributed by atoms with E-state index in [-0.39, 0.29) is 12.6 Å². The van der Waals surface area contributed by atoms with Crippen LogP contribution in [-0.4, -0.2) is 28.5 Å². The molecular weight excluding hydrogens is 336 g/mol. The fraction of sp³-hybridized carbons (Fsp3) is 0.105. The number of esters is 1. The zero-order valence-corrected chi connectivity index (χ0v) is 14.0. The number of benzene rings is 2. The molecule has 3 rings (SSSR count). The third kappa shape index (κ3) is 4.96. The van der Waals surface area contributed by atoms with Crippen molar-refractivity contribution in [2.45, 2.75) is 5.22 Å². The molecule has 0 saturated heterocycles. The van der Waals surface area contributed by atoms with Gasteiger partial charge in [-0.15, -0.1) is 10.2 Å². The molecule has 0 aliphatic heterocycles. The first-order valence-corrected chi connectivity index (χ1v) is 8.51. The van der Waals surface area contributed by atoms with Crippen molar-refractivity contribution in [3.8, 4) is 23.3 Å². The van der Waals surface area contributed by atoms with Crippen LogP contribution < -0.4 is 0 Å². The molecule has 0 unspecified atom stereocenters. The van der Waals surface area contributed by atoms with Gasteiger partial charge in [0.2, 0.25) is 5.89 Å². The Hall–Kier alpha value is -3.04. The summed E-state index contributed by atoms with van der Waals surface area (Å²) in [5.41, 5.74) is 1.39. The quantitative estimate of drug-likeness (QED) is 0.397. The highest BCUT2D eigenvalue weighted by Gasteiger charge is 2.07. The summed E-state index contributed by atoms with van der Waals surface area (Å²) in [6, 6.07) is 18.4. The Morgan fingerprint density at radius 3 is 2.48 bits per heavy atom. The zero-order valence-electron chi connectivity index (χ0n) is 13.2. The van der Waals surface area contributed by atoms with Gasteiger partial charge in [0.05, 0.1) is 11.3 Å². The molecule has 0 N–H and O–H groups in total. The van der Waals surface area contributed by atoms with E-state index in [4.69, 9.17) is 9.15 Å². The van der Waals surface area contributed by atoms with Crippen molar-refractivity contribution in [1.82, 2.24) is 10.2 Å². The molecular formula is C19H14N2O3S. The molecule has 0 aliphatic rings. The first kappa shape index (κ1) is 16.8. The molecule has 0 spiro atoms. The van der Waals surface area contributed by atoms with Crippen molar-refractivity contribution in [1.29, 1.82) is 0 Å². The minimum Gasteiger partial charge on any atom is -0.449 e. The number of ether oxygens (including phenoxy) is 1. The monoisotopic (exact) mass is 350 g/mol. The number of carbonyl (C=O) groups is 1. The fourth-order valence-corrected chi connectivity index (χ4v) is 2.46. The Kier molecular flexibility index (Phi) is 5.86. The molecule has 0 radical (unpaired) electrons. The summed E-state index contributed by atoms with van der Waals surface area (Å²) in [6.07, 6.45) is 0. The van der Waals surface area contributed by atoms with E-state index in [1.165, 1.54) is 11.8 Å². The molecule has 0 atom stereocenters. The third-order valence-corrected chi connectivity index (χ3v) is 3.81. The number of hydrogen-bond donors (Lipinski definition) is 0. The van der Waals surface area contributed by atoms with Gasteiger partial charge in [-0.2, -0.15) is 0 Å².